The third-order valence-corrected chi connectivity index (χ3v) is 2.88. The first-order valence-corrected chi connectivity index (χ1v) is 6.57. The van der Waals surface area contributed by atoms with Crippen molar-refractivity contribution in [2.75, 3.05) is 0 Å². The van der Waals surface area contributed by atoms with E-state index in [4.69, 9.17) is 9.52 Å². The molecule has 0 aliphatic heterocycles. The molecule has 0 aliphatic carbocycles. The number of carboxylic acid groups (broad SMARTS) is 1. The summed E-state index contributed by atoms with van der Waals surface area (Å²) < 4.78 is 5.34. The van der Waals surface area contributed by atoms with Gasteiger partial charge >= 0.3 is 12.0 Å². The summed E-state index contributed by atoms with van der Waals surface area (Å²) >= 11 is 0. The maximum atomic E-state index is 11.6. The van der Waals surface area contributed by atoms with Crippen LogP contribution in [0.4, 0.5) is 4.79 Å². The van der Waals surface area contributed by atoms with Crippen molar-refractivity contribution in [2.24, 2.45) is 0 Å². The number of nitrogens with one attached hydrogen (secondary N) is 2. The SMILES string of the molecule is Cc1nc(CNC(=O)NC(C)CCCC(=O)O)oc1C. The average Bonchev–Trinajstić information content (AvgIpc) is 2.66. The predicted octanol–water partition coefficient (Wildman–Crippen LogP) is 1.73. The molecule has 0 bridgehead atoms. The fourth-order valence-corrected chi connectivity index (χ4v) is 1.68. The van der Waals surface area contributed by atoms with Crippen LogP contribution < -0.4 is 10.6 Å². The van der Waals surface area contributed by atoms with Crippen LogP contribution in [0.15, 0.2) is 4.42 Å². The van der Waals surface area contributed by atoms with Gasteiger partial charge in [0.15, 0.2) is 0 Å². The second-order valence-corrected chi connectivity index (χ2v) is 4.76. The Hall–Kier alpha value is -2.05. The Balaban J connectivity index is 2.24. The van der Waals surface area contributed by atoms with E-state index in [-0.39, 0.29) is 25.0 Å². The number of rotatable bonds is 7. The van der Waals surface area contributed by atoms with Crippen LogP contribution in [-0.4, -0.2) is 28.1 Å². The number of carbonyl (C=O) groups excluding carboxylic acids is 1. The van der Waals surface area contributed by atoms with Crippen LogP contribution >= 0.6 is 0 Å². The van der Waals surface area contributed by atoms with Gasteiger partial charge in [0.1, 0.15) is 5.76 Å². The smallest absolute Gasteiger partial charge is 0.315 e. The highest BCUT2D eigenvalue weighted by atomic mass is 16.4. The zero-order chi connectivity index (χ0) is 15.1. The molecule has 1 atom stereocenters. The van der Waals surface area contributed by atoms with Crippen LogP contribution in [0.25, 0.3) is 0 Å². The third-order valence-electron chi connectivity index (χ3n) is 2.88. The number of amides is 2. The number of oxazole rings is 1. The van der Waals surface area contributed by atoms with Crippen LogP contribution in [0.5, 0.6) is 0 Å². The van der Waals surface area contributed by atoms with Crippen LogP contribution in [0, 0.1) is 13.8 Å². The topological polar surface area (TPSA) is 104 Å². The molecule has 112 valence electrons. The molecule has 7 nitrogen and oxygen atoms in total. The summed E-state index contributed by atoms with van der Waals surface area (Å²) in [6.45, 7) is 5.71. The van der Waals surface area contributed by atoms with E-state index < -0.39 is 5.97 Å². The number of hydrogen-bond acceptors (Lipinski definition) is 4. The summed E-state index contributed by atoms with van der Waals surface area (Å²) in [6, 6.07) is -0.399. The molecule has 1 heterocycles. The van der Waals surface area contributed by atoms with Crippen molar-refractivity contribution in [2.45, 2.75) is 52.6 Å². The Morgan fingerprint density at radius 3 is 2.65 bits per heavy atom. The number of aryl methyl sites for hydroxylation is 2. The van der Waals surface area contributed by atoms with E-state index in [0.717, 1.165) is 11.5 Å². The molecular formula is C13H21N3O4. The van der Waals surface area contributed by atoms with Gasteiger partial charge in [-0.25, -0.2) is 9.78 Å². The Bertz CT molecular complexity index is 451. The lowest BCUT2D eigenvalue weighted by molar-refractivity contribution is -0.137. The summed E-state index contributed by atoms with van der Waals surface area (Å²) in [7, 11) is 0. The van der Waals surface area contributed by atoms with Crippen molar-refractivity contribution < 1.29 is 19.1 Å². The number of aliphatic carboxylic acids is 1. The molecule has 1 aromatic heterocycles. The zero-order valence-corrected chi connectivity index (χ0v) is 12.0. The fourth-order valence-electron chi connectivity index (χ4n) is 1.68. The van der Waals surface area contributed by atoms with Gasteiger partial charge in [-0.1, -0.05) is 0 Å². The Labute approximate surface area is 117 Å². The Kier molecular flexibility index (Phi) is 6.02. The molecule has 1 rings (SSSR count). The molecule has 0 spiro atoms. The predicted molar refractivity (Wildman–Crippen MR) is 72.3 cm³/mol. The maximum Gasteiger partial charge on any atom is 0.315 e. The van der Waals surface area contributed by atoms with Crippen LogP contribution in [-0.2, 0) is 11.3 Å². The molecule has 0 saturated heterocycles. The van der Waals surface area contributed by atoms with Gasteiger partial charge in [0.25, 0.3) is 0 Å². The lowest BCUT2D eigenvalue weighted by Crippen LogP contribution is -2.40. The highest BCUT2D eigenvalue weighted by Gasteiger charge is 2.10. The lowest BCUT2D eigenvalue weighted by Gasteiger charge is -2.13. The highest BCUT2D eigenvalue weighted by Crippen LogP contribution is 2.07. The quantitative estimate of drug-likeness (QED) is 0.707. The molecule has 0 aromatic carbocycles. The summed E-state index contributed by atoms with van der Waals surface area (Å²) in [5.74, 6) is 0.384. The summed E-state index contributed by atoms with van der Waals surface area (Å²) in [4.78, 5) is 26.1. The minimum absolute atomic E-state index is 0.0811. The molecule has 1 aromatic rings. The summed E-state index contributed by atoms with van der Waals surface area (Å²) in [6.07, 6.45) is 1.27. The highest BCUT2D eigenvalue weighted by molar-refractivity contribution is 5.74. The first-order valence-electron chi connectivity index (χ1n) is 6.57. The molecule has 0 aliphatic rings. The molecule has 2 amide bonds. The molecule has 0 saturated carbocycles. The minimum atomic E-state index is -0.823. The van der Waals surface area contributed by atoms with Crippen molar-refractivity contribution in [3.05, 3.63) is 17.3 Å². The van der Waals surface area contributed by atoms with Gasteiger partial charge in [-0.15, -0.1) is 0 Å². The first kappa shape index (κ1) is 16.0. The standard InChI is InChI=1S/C13H21N3O4/c1-8(5-4-6-12(17)18)15-13(19)14-7-11-16-9(2)10(3)20-11/h8H,4-7H2,1-3H3,(H,17,18)(H2,14,15,19). The monoisotopic (exact) mass is 283 g/mol. The van der Waals surface area contributed by atoms with Gasteiger partial charge in [-0.3, -0.25) is 4.79 Å². The molecule has 1 unspecified atom stereocenters. The van der Waals surface area contributed by atoms with Gasteiger partial charge < -0.3 is 20.2 Å². The molecule has 3 N–H and O–H groups in total. The van der Waals surface area contributed by atoms with Gasteiger partial charge in [-0.05, 0) is 33.6 Å². The van der Waals surface area contributed by atoms with E-state index in [2.05, 4.69) is 15.6 Å². The average molecular weight is 283 g/mol. The van der Waals surface area contributed by atoms with E-state index in [0.29, 0.717) is 18.7 Å². The van der Waals surface area contributed by atoms with Crippen molar-refractivity contribution in [3.8, 4) is 0 Å². The largest absolute Gasteiger partial charge is 0.481 e. The van der Waals surface area contributed by atoms with E-state index in [9.17, 15) is 9.59 Å². The number of urea groups is 1. The normalized spacial score (nSPS) is 11.9. The second kappa shape index (κ2) is 7.52. The van der Waals surface area contributed by atoms with Crippen molar-refractivity contribution >= 4 is 12.0 Å². The fraction of sp³-hybridized carbons (Fsp3) is 0.615. The molecular weight excluding hydrogens is 262 g/mol. The van der Waals surface area contributed by atoms with Crippen molar-refractivity contribution in [1.82, 2.24) is 15.6 Å². The number of carbonyl (C=O) groups is 2. The van der Waals surface area contributed by atoms with E-state index in [1.54, 1.807) is 0 Å². The molecule has 0 fully saturated rings. The maximum absolute atomic E-state index is 11.6. The van der Waals surface area contributed by atoms with Crippen LogP contribution in [0.3, 0.4) is 0 Å². The van der Waals surface area contributed by atoms with E-state index >= 15 is 0 Å². The Morgan fingerprint density at radius 2 is 2.10 bits per heavy atom. The van der Waals surface area contributed by atoms with Gasteiger partial charge in [0.2, 0.25) is 5.89 Å². The van der Waals surface area contributed by atoms with E-state index in [1.807, 2.05) is 20.8 Å². The Morgan fingerprint density at radius 1 is 1.40 bits per heavy atom. The number of aromatic nitrogens is 1. The molecule has 7 heteroatoms. The summed E-state index contributed by atoms with van der Waals surface area (Å²) in [5.41, 5.74) is 0.809. The zero-order valence-electron chi connectivity index (χ0n) is 12.0. The third kappa shape index (κ3) is 5.73. The molecule has 20 heavy (non-hydrogen) atoms. The van der Waals surface area contributed by atoms with Gasteiger partial charge in [-0.2, -0.15) is 0 Å². The second-order valence-electron chi connectivity index (χ2n) is 4.76. The van der Waals surface area contributed by atoms with Crippen molar-refractivity contribution in [1.29, 1.82) is 0 Å². The summed E-state index contributed by atoms with van der Waals surface area (Å²) in [5, 5.41) is 13.9. The van der Waals surface area contributed by atoms with Gasteiger partial charge in [0.05, 0.1) is 12.2 Å². The number of hydrogen-bond donors (Lipinski definition) is 3. The lowest BCUT2D eigenvalue weighted by atomic mass is 10.1. The minimum Gasteiger partial charge on any atom is -0.481 e. The number of carboxylic acids is 1. The molecule has 0 radical (unpaired) electrons. The number of nitrogens with zero attached hydrogens (tertiary/aromatic N) is 1. The van der Waals surface area contributed by atoms with Crippen molar-refractivity contribution in [3.63, 3.8) is 0 Å². The van der Waals surface area contributed by atoms with Gasteiger partial charge in [0, 0.05) is 12.5 Å². The van der Waals surface area contributed by atoms with Crippen LogP contribution in [0.1, 0.15) is 43.5 Å². The van der Waals surface area contributed by atoms with Crippen LogP contribution in [0.2, 0.25) is 0 Å². The van der Waals surface area contributed by atoms with E-state index in [1.165, 1.54) is 0 Å². The first-order chi connectivity index (χ1) is 9.38.